The van der Waals surface area contributed by atoms with Crippen LogP contribution >= 0.6 is 0 Å². The van der Waals surface area contributed by atoms with Crippen molar-refractivity contribution in [1.82, 2.24) is 0 Å². The quantitative estimate of drug-likeness (QED) is 0.531. The minimum atomic E-state index is 0. The van der Waals surface area contributed by atoms with Crippen LogP contribution in [0.15, 0.2) is 30.3 Å². The zero-order chi connectivity index (χ0) is 5.11. The molecule has 0 bridgehead atoms. The van der Waals surface area contributed by atoms with E-state index in [-0.39, 0.29) is 16.8 Å². The molecule has 45 valence electrons. The molecule has 0 N–H and O–H groups in total. The monoisotopic (exact) mass is 151 g/mol. The van der Waals surface area contributed by atoms with E-state index in [4.69, 9.17) is 0 Å². The molecular formula is C7H8Co. The predicted octanol–water partition coefficient (Wildman–Crippen LogP) is 1.99. The van der Waals surface area contributed by atoms with Crippen molar-refractivity contribution in [3.63, 3.8) is 0 Å². The van der Waals surface area contributed by atoms with Gasteiger partial charge in [0.25, 0.3) is 0 Å². The summed E-state index contributed by atoms with van der Waals surface area (Å²) >= 11 is 0. The molecule has 1 aromatic carbocycles. The summed E-state index contributed by atoms with van der Waals surface area (Å²) < 4.78 is 0. The van der Waals surface area contributed by atoms with E-state index in [0.29, 0.717) is 0 Å². The number of hydrogen-bond acceptors (Lipinski definition) is 0. The Hall–Kier alpha value is -0.274. The molecule has 0 unspecified atom stereocenters. The zero-order valence-corrected chi connectivity index (χ0v) is 5.76. The molecule has 0 saturated carbocycles. The van der Waals surface area contributed by atoms with Gasteiger partial charge in [0.2, 0.25) is 0 Å². The van der Waals surface area contributed by atoms with E-state index < -0.39 is 0 Å². The fourth-order valence-electron chi connectivity index (χ4n) is 0.534. The second-order valence-corrected chi connectivity index (χ2v) is 1.65. The van der Waals surface area contributed by atoms with Gasteiger partial charge in [-0.05, 0) is 6.92 Å². The maximum Gasteiger partial charge on any atom is 0 e. The van der Waals surface area contributed by atoms with Crippen LogP contribution in [0.5, 0.6) is 0 Å². The van der Waals surface area contributed by atoms with Gasteiger partial charge in [-0.15, -0.1) is 0 Å². The van der Waals surface area contributed by atoms with E-state index in [1.807, 2.05) is 18.2 Å². The number of hydrogen-bond donors (Lipinski definition) is 0. The third-order valence-electron chi connectivity index (χ3n) is 0.940. The molecule has 1 heteroatoms. The van der Waals surface area contributed by atoms with Gasteiger partial charge in [0, 0.05) is 16.8 Å². The van der Waals surface area contributed by atoms with Crippen LogP contribution in [0, 0.1) is 6.92 Å². The molecule has 0 nitrogen and oxygen atoms in total. The fraction of sp³-hybridized carbons (Fsp3) is 0.143. The van der Waals surface area contributed by atoms with Gasteiger partial charge >= 0.3 is 0 Å². The summed E-state index contributed by atoms with van der Waals surface area (Å²) in [5, 5.41) is 0. The summed E-state index contributed by atoms with van der Waals surface area (Å²) in [6.45, 7) is 2.08. The molecule has 0 aliphatic heterocycles. The van der Waals surface area contributed by atoms with Crippen molar-refractivity contribution in [3.05, 3.63) is 35.9 Å². The van der Waals surface area contributed by atoms with Gasteiger partial charge in [0.15, 0.2) is 0 Å². The first kappa shape index (κ1) is 7.73. The summed E-state index contributed by atoms with van der Waals surface area (Å²) in [7, 11) is 0. The fourth-order valence-corrected chi connectivity index (χ4v) is 0.534. The topological polar surface area (TPSA) is 0 Å². The zero-order valence-electron chi connectivity index (χ0n) is 4.72. The normalized spacial score (nSPS) is 7.62. The first-order valence-electron chi connectivity index (χ1n) is 2.41. The average Bonchev–Trinajstić information content (AvgIpc) is 1.69. The van der Waals surface area contributed by atoms with Crippen LogP contribution in [0.4, 0.5) is 0 Å². The van der Waals surface area contributed by atoms with E-state index in [0.717, 1.165) is 0 Å². The second-order valence-electron chi connectivity index (χ2n) is 1.65. The molecular weight excluding hydrogens is 143 g/mol. The van der Waals surface area contributed by atoms with Gasteiger partial charge in [-0.3, -0.25) is 0 Å². The van der Waals surface area contributed by atoms with Gasteiger partial charge < -0.3 is 0 Å². The Balaban J connectivity index is 0.000000490. The minimum absolute atomic E-state index is 0. The Morgan fingerprint density at radius 1 is 1.00 bits per heavy atom. The van der Waals surface area contributed by atoms with E-state index in [1.165, 1.54) is 5.56 Å². The molecule has 0 fully saturated rings. The summed E-state index contributed by atoms with van der Waals surface area (Å²) in [6.07, 6.45) is 0. The molecule has 1 radical (unpaired) electrons. The summed E-state index contributed by atoms with van der Waals surface area (Å²) in [5.41, 5.74) is 1.32. The van der Waals surface area contributed by atoms with Gasteiger partial charge in [0.05, 0.1) is 0 Å². The van der Waals surface area contributed by atoms with E-state index >= 15 is 0 Å². The third-order valence-corrected chi connectivity index (χ3v) is 0.940. The standard InChI is InChI=1S/C7H8.Co/c1-7-5-3-2-4-6-7;/h2-6H,1H3;. The van der Waals surface area contributed by atoms with Crippen LogP contribution in [-0.2, 0) is 16.8 Å². The summed E-state index contributed by atoms with van der Waals surface area (Å²) in [6, 6.07) is 10.3. The Kier molecular flexibility index (Phi) is 3.57. The Bertz CT molecular complexity index is 134. The van der Waals surface area contributed by atoms with Crippen molar-refractivity contribution in [2.45, 2.75) is 6.92 Å². The smallest absolute Gasteiger partial charge is 0 e. The average molecular weight is 151 g/mol. The Morgan fingerprint density at radius 2 is 1.50 bits per heavy atom. The molecule has 0 spiro atoms. The van der Waals surface area contributed by atoms with E-state index in [2.05, 4.69) is 19.1 Å². The van der Waals surface area contributed by atoms with Crippen LogP contribution < -0.4 is 0 Å². The molecule has 0 aliphatic carbocycles. The first-order valence-corrected chi connectivity index (χ1v) is 2.41. The molecule has 0 amide bonds. The predicted molar refractivity (Wildman–Crippen MR) is 31.2 cm³/mol. The molecule has 0 aromatic heterocycles. The van der Waals surface area contributed by atoms with Crippen molar-refractivity contribution in [1.29, 1.82) is 0 Å². The van der Waals surface area contributed by atoms with Gasteiger partial charge in [-0.1, -0.05) is 35.9 Å². The minimum Gasteiger partial charge on any atom is -0.0622 e. The molecule has 0 heterocycles. The number of benzene rings is 1. The van der Waals surface area contributed by atoms with Crippen LogP contribution in [0.2, 0.25) is 0 Å². The molecule has 1 rings (SSSR count). The van der Waals surface area contributed by atoms with Crippen LogP contribution in [0.25, 0.3) is 0 Å². The molecule has 1 aromatic rings. The van der Waals surface area contributed by atoms with Crippen LogP contribution in [0.3, 0.4) is 0 Å². The van der Waals surface area contributed by atoms with Crippen molar-refractivity contribution < 1.29 is 16.8 Å². The van der Waals surface area contributed by atoms with E-state index in [1.54, 1.807) is 0 Å². The van der Waals surface area contributed by atoms with Crippen molar-refractivity contribution in [2.75, 3.05) is 0 Å². The van der Waals surface area contributed by atoms with Crippen LogP contribution in [0.1, 0.15) is 5.56 Å². The molecule has 0 atom stereocenters. The molecule has 0 aliphatic rings. The van der Waals surface area contributed by atoms with Crippen molar-refractivity contribution >= 4 is 0 Å². The SMILES string of the molecule is Cc1ccccc1.[Co]. The number of aryl methyl sites for hydroxylation is 1. The van der Waals surface area contributed by atoms with Crippen LogP contribution in [-0.4, -0.2) is 0 Å². The molecule has 8 heavy (non-hydrogen) atoms. The van der Waals surface area contributed by atoms with Gasteiger partial charge in [0.1, 0.15) is 0 Å². The van der Waals surface area contributed by atoms with E-state index in [9.17, 15) is 0 Å². The van der Waals surface area contributed by atoms with Gasteiger partial charge in [-0.25, -0.2) is 0 Å². The van der Waals surface area contributed by atoms with Crippen molar-refractivity contribution in [2.24, 2.45) is 0 Å². The third kappa shape index (κ3) is 2.14. The van der Waals surface area contributed by atoms with Crippen molar-refractivity contribution in [3.8, 4) is 0 Å². The number of rotatable bonds is 0. The maximum absolute atomic E-state index is 2.08. The Labute approximate surface area is 60.1 Å². The largest absolute Gasteiger partial charge is 0.0622 e. The Morgan fingerprint density at radius 3 is 1.75 bits per heavy atom. The maximum atomic E-state index is 2.08. The van der Waals surface area contributed by atoms with Gasteiger partial charge in [-0.2, -0.15) is 0 Å². The second kappa shape index (κ2) is 3.69. The first-order chi connectivity index (χ1) is 3.39. The summed E-state index contributed by atoms with van der Waals surface area (Å²) in [5.74, 6) is 0. The molecule has 0 saturated heterocycles. The summed E-state index contributed by atoms with van der Waals surface area (Å²) in [4.78, 5) is 0.